The Kier molecular flexibility index (Phi) is 7.16. The zero-order chi connectivity index (χ0) is 25.0. The molecule has 0 aliphatic rings. The highest BCUT2D eigenvalue weighted by molar-refractivity contribution is 5.98. The molecule has 0 saturated carbocycles. The first kappa shape index (κ1) is 24.3. The molecular formula is C24H21F2N3O5. The lowest BCUT2D eigenvalue weighted by Crippen LogP contribution is -2.22. The van der Waals surface area contributed by atoms with Crippen LogP contribution in [0.1, 0.15) is 21.5 Å². The van der Waals surface area contributed by atoms with Crippen LogP contribution in [0.2, 0.25) is 0 Å². The van der Waals surface area contributed by atoms with Gasteiger partial charge in [0.2, 0.25) is 0 Å². The van der Waals surface area contributed by atoms with Crippen molar-refractivity contribution in [1.29, 1.82) is 5.26 Å². The molecule has 0 N–H and O–H groups in total. The molecule has 0 saturated heterocycles. The second-order valence-corrected chi connectivity index (χ2v) is 7.22. The molecule has 0 aliphatic heterocycles. The number of hydrogen-bond acceptors (Lipinski definition) is 7. The number of pyridine rings is 1. The summed E-state index contributed by atoms with van der Waals surface area (Å²) in [6, 6.07) is 10.6. The molecule has 10 heteroatoms. The predicted molar refractivity (Wildman–Crippen MR) is 118 cm³/mol. The average Bonchev–Trinajstić information content (AvgIpc) is 2.84. The van der Waals surface area contributed by atoms with Crippen LogP contribution in [-0.2, 0) is 0 Å². The van der Waals surface area contributed by atoms with E-state index in [0.29, 0.717) is 0 Å². The predicted octanol–water partition coefficient (Wildman–Crippen LogP) is 4.84. The van der Waals surface area contributed by atoms with E-state index in [1.165, 1.54) is 50.3 Å². The Labute approximate surface area is 194 Å². The highest BCUT2D eigenvalue weighted by Gasteiger charge is 2.24. The molecule has 1 amide bonds. The van der Waals surface area contributed by atoms with Crippen LogP contribution in [0.4, 0.5) is 8.78 Å². The van der Waals surface area contributed by atoms with Crippen molar-refractivity contribution in [2.45, 2.75) is 6.92 Å². The number of hydrogen-bond donors (Lipinski definition) is 0. The Morgan fingerprint density at radius 3 is 2.21 bits per heavy atom. The maximum atomic E-state index is 14.8. The molecule has 0 unspecified atom stereocenters. The van der Waals surface area contributed by atoms with Gasteiger partial charge < -0.3 is 23.8 Å². The van der Waals surface area contributed by atoms with Gasteiger partial charge in [-0.05, 0) is 31.2 Å². The summed E-state index contributed by atoms with van der Waals surface area (Å²) in [6.07, 6.45) is 0. The Bertz CT molecular complexity index is 1290. The van der Waals surface area contributed by atoms with Crippen LogP contribution in [0.5, 0.6) is 34.8 Å². The molecule has 34 heavy (non-hydrogen) atoms. The van der Waals surface area contributed by atoms with Crippen molar-refractivity contribution in [2.75, 3.05) is 28.3 Å². The number of benzene rings is 2. The van der Waals surface area contributed by atoms with Crippen molar-refractivity contribution in [2.24, 2.45) is 0 Å². The highest BCUT2D eigenvalue weighted by atomic mass is 19.1. The molecule has 8 nitrogen and oxygen atoms in total. The van der Waals surface area contributed by atoms with E-state index in [-0.39, 0.29) is 39.7 Å². The fraction of sp³-hybridized carbons (Fsp3) is 0.208. The normalized spacial score (nSPS) is 10.3. The zero-order valence-corrected chi connectivity index (χ0v) is 19.1. The number of amides is 1. The van der Waals surface area contributed by atoms with Crippen LogP contribution in [0.15, 0.2) is 36.4 Å². The summed E-state index contributed by atoms with van der Waals surface area (Å²) in [5.41, 5.74) is 0.00372. The lowest BCUT2D eigenvalue weighted by atomic mass is 10.1. The number of halogens is 2. The summed E-state index contributed by atoms with van der Waals surface area (Å²) in [6.45, 7) is 1.20. The molecule has 0 aliphatic carbocycles. The Balaban J connectivity index is 2.06. The summed E-state index contributed by atoms with van der Waals surface area (Å²) >= 11 is 0. The average molecular weight is 469 g/mol. The first-order chi connectivity index (χ1) is 16.2. The number of nitriles is 1. The molecule has 0 fully saturated rings. The zero-order valence-electron chi connectivity index (χ0n) is 19.1. The molecular weight excluding hydrogens is 448 g/mol. The number of carbonyl (C=O) groups is 1. The van der Waals surface area contributed by atoms with Crippen molar-refractivity contribution < 1.29 is 32.5 Å². The van der Waals surface area contributed by atoms with Crippen molar-refractivity contribution in [3.8, 4) is 40.8 Å². The fourth-order valence-electron chi connectivity index (χ4n) is 2.99. The first-order valence-corrected chi connectivity index (χ1v) is 9.89. The van der Waals surface area contributed by atoms with Crippen LogP contribution < -0.4 is 18.9 Å². The maximum Gasteiger partial charge on any atom is 0.259 e. The lowest BCUT2D eigenvalue weighted by Gasteiger charge is -2.18. The van der Waals surface area contributed by atoms with Gasteiger partial charge in [0, 0.05) is 25.7 Å². The molecule has 3 rings (SSSR count). The molecule has 176 valence electrons. The van der Waals surface area contributed by atoms with E-state index in [1.807, 2.05) is 6.07 Å². The number of ether oxygens (including phenoxy) is 4. The van der Waals surface area contributed by atoms with E-state index < -0.39 is 29.3 Å². The van der Waals surface area contributed by atoms with Gasteiger partial charge in [0.05, 0.1) is 31.4 Å². The van der Waals surface area contributed by atoms with Gasteiger partial charge in [-0.2, -0.15) is 10.2 Å². The molecule has 0 atom stereocenters. The molecule has 0 spiro atoms. The van der Waals surface area contributed by atoms with E-state index in [4.69, 9.17) is 24.2 Å². The second-order valence-electron chi connectivity index (χ2n) is 7.22. The van der Waals surface area contributed by atoms with E-state index in [2.05, 4.69) is 4.98 Å². The van der Waals surface area contributed by atoms with Crippen LogP contribution in [-0.4, -0.2) is 44.1 Å². The monoisotopic (exact) mass is 469 g/mol. The Hall–Kier alpha value is -4.39. The molecule has 1 aromatic heterocycles. The van der Waals surface area contributed by atoms with Gasteiger partial charge in [0.1, 0.15) is 11.5 Å². The van der Waals surface area contributed by atoms with E-state index in [0.717, 1.165) is 0 Å². The third-order valence-corrected chi connectivity index (χ3v) is 4.72. The summed E-state index contributed by atoms with van der Waals surface area (Å²) in [4.78, 5) is 17.8. The number of rotatable bonds is 7. The molecule has 0 bridgehead atoms. The molecule has 0 radical (unpaired) electrons. The second kappa shape index (κ2) is 10.0. The van der Waals surface area contributed by atoms with Crippen molar-refractivity contribution in [1.82, 2.24) is 9.88 Å². The Morgan fingerprint density at radius 2 is 1.65 bits per heavy atom. The minimum atomic E-state index is -1.05. The van der Waals surface area contributed by atoms with E-state index >= 15 is 0 Å². The quantitative estimate of drug-likeness (QED) is 0.489. The fourth-order valence-corrected chi connectivity index (χ4v) is 2.99. The number of nitrogens with zero attached hydrogens (tertiary/aromatic N) is 3. The SMILES string of the molecule is COc1cc(Oc2nc(Oc3cccc(C#N)c3)c(F)c(C)c2F)cc(C(=O)N(C)C)c1OC. The van der Waals surface area contributed by atoms with Crippen molar-refractivity contribution in [3.63, 3.8) is 0 Å². The minimum absolute atomic E-state index is 0.00214. The molecule has 2 aromatic carbocycles. The lowest BCUT2D eigenvalue weighted by molar-refractivity contribution is 0.0823. The number of aromatic nitrogens is 1. The third-order valence-electron chi connectivity index (χ3n) is 4.72. The van der Waals surface area contributed by atoms with Crippen molar-refractivity contribution in [3.05, 3.63) is 64.7 Å². The standard InChI is InChI=1S/C24H21F2N3O5/c1-13-19(25)22(33-15-8-6-7-14(9-15)12-27)28-23(20(13)26)34-16-10-17(24(30)29(2)3)21(32-5)18(11-16)31-4/h6-11H,1-5H3. The van der Waals surface area contributed by atoms with Gasteiger partial charge in [-0.25, -0.2) is 8.78 Å². The van der Waals surface area contributed by atoms with Crippen LogP contribution in [0.3, 0.4) is 0 Å². The summed E-state index contributed by atoms with van der Waals surface area (Å²) in [5, 5.41) is 9.04. The summed E-state index contributed by atoms with van der Waals surface area (Å²) < 4.78 is 51.2. The van der Waals surface area contributed by atoms with Crippen LogP contribution >= 0.6 is 0 Å². The van der Waals surface area contributed by atoms with Gasteiger partial charge >= 0.3 is 0 Å². The van der Waals surface area contributed by atoms with Crippen LogP contribution in [0, 0.1) is 29.9 Å². The number of carbonyl (C=O) groups excluding carboxylic acids is 1. The topological polar surface area (TPSA) is 93.9 Å². The minimum Gasteiger partial charge on any atom is -0.493 e. The van der Waals surface area contributed by atoms with E-state index in [9.17, 15) is 13.6 Å². The van der Waals surface area contributed by atoms with Gasteiger partial charge in [-0.1, -0.05) is 6.07 Å². The third kappa shape index (κ3) is 4.83. The first-order valence-electron chi connectivity index (χ1n) is 9.89. The Morgan fingerprint density at radius 1 is 1.00 bits per heavy atom. The summed E-state index contributed by atoms with van der Waals surface area (Å²) in [5.74, 6) is -3.16. The number of methoxy groups -OCH3 is 2. The van der Waals surface area contributed by atoms with Gasteiger partial charge in [0.15, 0.2) is 23.1 Å². The highest BCUT2D eigenvalue weighted by Crippen LogP contribution is 2.39. The summed E-state index contributed by atoms with van der Waals surface area (Å²) in [7, 11) is 5.85. The van der Waals surface area contributed by atoms with Gasteiger partial charge in [0.25, 0.3) is 17.7 Å². The van der Waals surface area contributed by atoms with Gasteiger partial charge in [-0.3, -0.25) is 4.79 Å². The largest absolute Gasteiger partial charge is 0.493 e. The molecule has 3 aromatic rings. The van der Waals surface area contributed by atoms with Gasteiger partial charge in [-0.15, -0.1) is 0 Å². The smallest absolute Gasteiger partial charge is 0.259 e. The van der Waals surface area contributed by atoms with Crippen LogP contribution in [0.25, 0.3) is 0 Å². The maximum absolute atomic E-state index is 14.8. The molecule has 1 heterocycles. The van der Waals surface area contributed by atoms with E-state index in [1.54, 1.807) is 26.2 Å². The van der Waals surface area contributed by atoms with Crippen molar-refractivity contribution >= 4 is 5.91 Å².